The van der Waals surface area contributed by atoms with Gasteiger partial charge in [-0.15, -0.1) is 0 Å². The average Bonchev–Trinajstić information content (AvgIpc) is 2.65. The van der Waals surface area contributed by atoms with Crippen molar-refractivity contribution in [2.75, 3.05) is 0 Å². The summed E-state index contributed by atoms with van der Waals surface area (Å²) in [7, 11) is 0. The Balaban J connectivity index is 2.03. The fraction of sp³-hybridized carbons (Fsp3) is 0.0909. The number of hydrogen-bond donors (Lipinski definition) is 0. The highest BCUT2D eigenvalue weighted by Gasteiger charge is 2.06. The molecule has 27 heavy (non-hydrogen) atoms. The highest BCUT2D eigenvalue weighted by molar-refractivity contribution is 5.87. The van der Waals surface area contributed by atoms with E-state index in [0.717, 1.165) is 22.8 Å². The van der Waals surface area contributed by atoms with E-state index < -0.39 is 11.9 Å². The van der Waals surface area contributed by atoms with Crippen molar-refractivity contribution < 1.29 is 23.8 Å². The summed E-state index contributed by atoms with van der Waals surface area (Å²) in [5.41, 5.74) is 3.26. The molecule has 0 atom stereocenters. The second-order valence-electron chi connectivity index (χ2n) is 5.70. The van der Waals surface area contributed by atoms with Crippen LogP contribution in [-0.2, 0) is 14.3 Å². The molecule has 5 nitrogen and oxygen atoms in total. The normalized spacial score (nSPS) is 10.3. The standard InChI is InChI=1S/C22H20O5/c1-5-21(23)27-19-10-11-20(16(4)14-19)17-6-8-18(9-7-17)25-12-13-26-22(24)15(2)3/h5-14H,1-2H2,3-4H3/b13-12-. The molecule has 5 heteroatoms. The second kappa shape index (κ2) is 9.20. The van der Waals surface area contributed by atoms with E-state index in [0.29, 0.717) is 17.1 Å². The van der Waals surface area contributed by atoms with Gasteiger partial charge < -0.3 is 14.2 Å². The number of ether oxygens (including phenoxy) is 3. The molecule has 138 valence electrons. The monoisotopic (exact) mass is 364 g/mol. The van der Waals surface area contributed by atoms with Crippen molar-refractivity contribution in [2.24, 2.45) is 0 Å². The van der Waals surface area contributed by atoms with Gasteiger partial charge in [0.1, 0.15) is 24.0 Å². The fourth-order valence-electron chi connectivity index (χ4n) is 2.19. The molecule has 0 aliphatic heterocycles. The summed E-state index contributed by atoms with van der Waals surface area (Å²) in [5, 5.41) is 0. The lowest BCUT2D eigenvalue weighted by molar-refractivity contribution is -0.133. The van der Waals surface area contributed by atoms with Gasteiger partial charge in [0.05, 0.1) is 0 Å². The molecule has 0 amide bonds. The summed E-state index contributed by atoms with van der Waals surface area (Å²) >= 11 is 0. The summed E-state index contributed by atoms with van der Waals surface area (Å²) in [6, 6.07) is 12.8. The zero-order valence-corrected chi connectivity index (χ0v) is 15.2. The molecule has 0 radical (unpaired) electrons. The predicted octanol–water partition coefficient (Wildman–Crippen LogP) is 4.72. The summed E-state index contributed by atoms with van der Waals surface area (Å²) in [5.74, 6) is 0.0552. The lowest BCUT2D eigenvalue weighted by Gasteiger charge is -2.09. The van der Waals surface area contributed by atoms with Gasteiger partial charge in [-0.05, 0) is 54.8 Å². The minimum Gasteiger partial charge on any atom is -0.462 e. The molecule has 0 fully saturated rings. The lowest BCUT2D eigenvalue weighted by atomic mass is 10.0. The molecular weight excluding hydrogens is 344 g/mol. The molecule has 2 aromatic carbocycles. The number of aryl methyl sites for hydroxylation is 1. The zero-order valence-electron chi connectivity index (χ0n) is 15.2. The van der Waals surface area contributed by atoms with Crippen LogP contribution in [0.1, 0.15) is 12.5 Å². The molecule has 0 aromatic heterocycles. The van der Waals surface area contributed by atoms with Gasteiger partial charge in [0.25, 0.3) is 0 Å². The smallest absolute Gasteiger partial charge is 0.338 e. The van der Waals surface area contributed by atoms with Gasteiger partial charge in [0.15, 0.2) is 0 Å². The van der Waals surface area contributed by atoms with Crippen LogP contribution in [0, 0.1) is 6.92 Å². The number of hydrogen-bond acceptors (Lipinski definition) is 5. The van der Waals surface area contributed by atoms with Crippen LogP contribution < -0.4 is 9.47 Å². The molecule has 0 N–H and O–H groups in total. The third-order valence-corrected chi connectivity index (χ3v) is 3.53. The van der Waals surface area contributed by atoms with Crippen molar-refractivity contribution in [2.45, 2.75) is 13.8 Å². The molecule has 0 heterocycles. The minimum atomic E-state index is -0.511. The maximum atomic E-state index is 11.3. The Labute approximate surface area is 158 Å². The van der Waals surface area contributed by atoms with E-state index >= 15 is 0 Å². The minimum absolute atomic E-state index is 0.310. The quantitative estimate of drug-likeness (QED) is 0.308. The zero-order chi connectivity index (χ0) is 19.8. The Kier molecular flexibility index (Phi) is 6.72. The first-order chi connectivity index (χ1) is 12.9. The van der Waals surface area contributed by atoms with E-state index in [1.54, 1.807) is 31.2 Å². The summed E-state index contributed by atoms with van der Waals surface area (Å²) in [6.45, 7) is 10.4. The third kappa shape index (κ3) is 5.71. The van der Waals surface area contributed by atoms with Crippen molar-refractivity contribution in [1.29, 1.82) is 0 Å². The number of carbonyl (C=O) groups is 2. The molecule has 2 rings (SSSR count). The van der Waals surface area contributed by atoms with E-state index in [1.807, 2.05) is 25.1 Å². The van der Waals surface area contributed by atoms with E-state index in [1.165, 1.54) is 12.5 Å². The lowest BCUT2D eigenvalue weighted by Crippen LogP contribution is -2.03. The maximum Gasteiger partial charge on any atom is 0.338 e. The first kappa shape index (κ1) is 19.7. The summed E-state index contributed by atoms with van der Waals surface area (Å²) in [6.07, 6.45) is 3.57. The number of benzene rings is 2. The molecule has 0 bridgehead atoms. The SMILES string of the molecule is C=CC(=O)Oc1ccc(-c2ccc(O/C=C\OC(=O)C(=C)C)cc2)c(C)c1. The van der Waals surface area contributed by atoms with Gasteiger partial charge in [-0.3, -0.25) is 0 Å². The molecule has 2 aromatic rings. The van der Waals surface area contributed by atoms with Gasteiger partial charge >= 0.3 is 11.9 Å². The first-order valence-corrected chi connectivity index (χ1v) is 8.14. The molecule has 0 aliphatic rings. The van der Waals surface area contributed by atoms with Gasteiger partial charge in [-0.25, -0.2) is 9.59 Å². The topological polar surface area (TPSA) is 61.8 Å². The number of esters is 2. The van der Waals surface area contributed by atoms with Crippen molar-refractivity contribution in [3.63, 3.8) is 0 Å². The van der Waals surface area contributed by atoms with Crippen molar-refractivity contribution in [3.8, 4) is 22.6 Å². The van der Waals surface area contributed by atoms with Crippen LogP contribution >= 0.6 is 0 Å². The Morgan fingerprint density at radius 2 is 1.67 bits per heavy atom. The third-order valence-electron chi connectivity index (χ3n) is 3.53. The van der Waals surface area contributed by atoms with Crippen molar-refractivity contribution >= 4 is 11.9 Å². The Morgan fingerprint density at radius 1 is 1.00 bits per heavy atom. The Hall–Kier alpha value is -3.60. The van der Waals surface area contributed by atoms with E-state index in [-0.39, 0.29) is 0 Å². The van der Waals surface area contributed by atoms with Crippen LogP contribution in [0.15, 0.2) is 79.8 Å². The molecule has 0 saturated carbocycles. The highest BCUT2D eigenvalue weighted by atomic mass is 16.5. The van der Waals surface area contributed by atoms with Crippen LogP contribution in [0.5, 0.6) is 11.5 Å². The summed E-state index contributed by atoms with van der Waals surface area (Å²) < 4.78 is 15.3. The van der Waals surface area contributed by atoms with Crippen LogP contribution in [-0.4, -0.2) is 11.9 Å². The van der Waals surface area contributed by atoms with Crippen LogP contribution in [0.25, 0.3) is 11.1 Å². The van der Waals surface area contributed by atoms with E-state index in [4.69, 9.17) is 14.2 Å². The largest absolute Gasteiger partial charge is 0.462 e. The molecule has 0 spiro atoms. The van der Waals surface area contributed by atoms with Crippen LogP contribution in [0.3, 0.4) is 0 Å². The highest BCUT2D eigenvalue weighted by Crippen LogP contribution is 2.28. The van der Waals surface area contributed by atoms with E-state index in [9.17, 15) is 9.59 Å². The number of rotatable bonds is 7. The average molecular weight is 364 g/mol. The number of carbonyl (C=O) groups excluding carboxylic acids is 2. The Bertz CT molecular complexity index is 891. The predicted molar refractivity (Wildman–Crippen MR) is 103 cm³/mol. The summed E-state index contributed by atoms with van der Waals surface area (Å²) in [4.78, 5) is 22.5. The van der Waals surface area contributed by atoms with Crippen molar-refractivity contribution in [3.05, 3.63) is 85.4 Å². The van der Waals surface area contributed by atoms with Gasteiger partial charge in [0, 0.05) is 11.6 Å². The Morgan fingerprint density at radius 3 is 2.26 bits per heavy atom. The van der Waals surface area contributed by atoms with Crippen molar-refractivity contribution in [1.82, 2.24) is 0 Å². The van der Waals surface area contributed by atoms with Gasteiger partial charge in [0.2, 0.25) is 0 Å². The maximum absolute atomic E-state index is 11.3. The van der Waals surface area contributed by atoms with Crippen LogP contribution in [0.4, 0.5) is 0 Å². The molecule has 0 saturated heterocycles. The molecule has 0 aliphatic carbocycles. The fourth-order valence-corrected chi connectivity index (χ4v) is 2.19. The van der Waals surface area contributed by atoms with Crippen LogP contribution in [0.2, 0.25) is 0 Å². The second-order valence-corrected chi connectivity index (χ2v) is 5.70. The van der Waals surface area contributed by atoms with Gasteiger partial charge in [-0.2, -0.15) is 0 Å². The molecular formula is C22H20O5. The molecule has 0 unspecified atom stereocenters. The van der Waals surface area contributed by atoms with Gasteiger partial charge in [-0.1, -0.05) is 31.4 Å². The first-order valence-electron chi connectivity index (χ1n) is 8.14. The van der Waals surface area contributed by atoms with E-state index in [2.05, 4.69) is 13.2 Å².